The number of aryl methyl sites for hydroxylation is 1. The average Bonchev–Trinajstić information content (AvgIpc) is 3.88. The molecule has 3 aromatic carbocycles. The summed E-state index contributed by atoms with van der Waals surface area (Å²) in [5.41, 5.74) is 4.99. The Morgan fingerprint density at radius 1 is 0.894 bits per heavy atom. The topological polar surface area (TPSA) is 143 Å². The van der Waals surface area contributed by atoms with E-state index in [9.17, 15) is 31.6 Å². The lowest BCUT2D eigenvalue weighted by Crippen LogP contribution is -2.49. The van der Waals surface area contributed by atoms with Gasteiger partial charge in [0, 0.05) is 124 Å². The van der Waals surface area contributed by atoms with E-state index in [0.29, 0.717) is 72.6 Å². The fraction of sp³-hybridized carbons (Fsp3) is 0.458. The zero-order chi connectivity index (χ0) is 46.6. The number of nitriles is 1. The van der Waals surface area contributed by atoms with Crippen LogP contribution >= 0.6 is 11.3 Å². The quantitative estimate of drug-likeness (QED) is 0.0867. The van der Waals surface area contributed by atoms with Gasteiger partial charge in [0.25, 0.3) is 0 Å². The molecule has 5 heterocycles. The number of sulfonamides is 1. The van der Waals surface area contributed by atoms with Crippen LogP contribution in [0.2, 0.25) is 0 Å². The molecule has 2 aliphatic rings. The number of alkyl halides is 3. The van der Waals surface area contributed by atoms with Crippen LogP contribution < -0.4 is 14.9 Å². The van der Waals surface area contributed by atoms with Gasteiger partial charge < -0.3 is 19.7 Å². The van der Waals surface area contributed by atoms with Crippen molar-refractivity contribution in [2.45, 2.75) is 82.1 Å². The molecule has 0 radical (unpaired) electrons. The lowest BCUT2D eigenvalue weighted by atomic mass is 10.0. The molecular formula is C48H57F3N10O3S2. The third kappa shape index (κ3) is 10.9. The van der Waals surface area contributed by atoms with Crippen molar-refractivity contribution in [1.82, 2.24) is 34.0 Å². The number of anilines is 2. The van der Waals surface area contributed by atoms with Gasteiger partial charge in [-0.15, -0.1) is 11.3 Å². The highest BCUT2D eigenvalue weighted by atomic mass is 32.2. The van der Waals surface area contributed by atoms with Crippen LogP contribution in [0.25, 0.3) is 31.9 Å². The number of thiophene rings is 1. The molecule has 8 rings (SSSR count). The smallest absolute Gasteiger partial charge is 0.377 e. The summed E-state index contributed by atoms with van der Waals surface area (Å²) >= 11 is 1.06. The second kappa shape index (κ2) is 20.3. The Morgan fingerprint density at radius 2 is 1.65 bits per heavy atom. The molecule has 0 aliphatic carbocycles. The van der Waals surface area contributed by atoms with Gasteiger partial charge in [-0.3, -0.25) is 14.6 Å². The van der Waals surface area contributed by atoms with Crippen molar-refractivity contribution < 1.29 is 26.4 Å². The van der Waals surface area contributed by atoms with Crippen molar-refractivity contribution in [3.05, 3.63) is 88.7 Å². The van der Waals surface area contributed by atoms with Gasteiger partial charge in [-0.05, 0) is 74.1 Å². The molecule has 0 spiro atoms. The minimum absolute atomic E-state index is 0.129. The fourth-order valence-electron chi connectivity index (χ4n) is 9.37. The number of amides is 1. The molecule has 3 aromatic heterocycles. The van der Waals surface area contributed by atoms with Crippen LogP contribution in [0.4, 0.5) is 24.7 Å². The zero-order valence-electron chi connectivity index (χ0n) is 37.7. The van der Waals surface area contributed by atoms with E-state index in [1.165, 1.54) is 11.9 Å². The van der Waals surface area contributed by atoms with Crippen molar-refractivity contribution in [1.29, 1.82) is 5.26 Å². The third-order valence-corrected chi connectivity index (χ3v) is 15.6. The second-order valence-electron chi connectivity index (χ2n) is 17.7. The normalized spacial score (nSPS) is 15.8. The molecule has 1 amide bonds. The largest absolute Gasteiger partial charge is 0.393 e. The molecule has 0 saturated carbocycles. The number of hydrogen-bond donors (Lipinski definition) is 2. The number of fused-ring (bicyclic) bond motifs is 3. The Morgan fingerprint density at radius 3 is 2.39 bits per heavy atom. The summed E-state index contributed by atoms with van der Waals surface area (Å²) in [7, 11) is 0.170. The van der Waals surface area contributed by atoms with E-state index in [1.54, 1.807) is 18.2 Å². The molecule has 2 aliphatic heterocycles. The molecule has 6 aromatic rings. The van der Waals surface area contributed by atoms with Gasteiger partial charge in [-0.1, -0.05) is 36.8 Å². The molecule has 2 N–H and O–H groups in total. The molecule has 0 bridgehead atoms. The first-order valence-corrected chi connectivity index (χ1v) is 25.0. The summed E-state index contributed by atoms with van der Waals surface area (Å²) in [6.45, 7) is 9.16. The van der Waals surface area contributed by atoms with Gasteiger partial charge in [-0.2, -0.15) is 18.4 Å². The highest BCUT2D eigenvalue weighted by Gasteiger charge is 2.30. The number of nitrogens with zero attached hydrogens (tertiary/aromatic N) is 8. The zero-order valence-corrected chi connectivity index (χ0v) is 39.3. The Balaban J connectivity index is 0.762. The van der Waals surface area contributed by atoms with Gasteiger partial charge in [0.05, 0.1) is 16.7 Å². The van der Waals surface area contributed by atoms with Crippen LogP contribution in [0.15, 0.2) is 71.9 Å². The number of likely N-dealkylation sites (tertiary alicyclic amines) is 1. The van der Waals surface area contributed by atoms with Crippen LogP contribution in [-0.4, -0.2) is 122 Å². The van der Waals surface area contributed by atoms with Gasteiger partial charge in [0.1, 0.15) is 28.7 Å². The fourth-order valence-corrected chi connectivity index (χ4v) is 11.7. The molecule has 2 saturated heterocycles. The van der Waals surface area contributed by atoms with Crippen molar-refractivity contribution in [3.63, 3.8) is 0 Å². The molecule has 0 atom stereocenters. The summed E-state index contributed by atoms with van der Waals surface area (Å²) in [4.78, 5) is 31.4. The van der Waals surface area contributed by atoms with Crippen LogP contribution in [0.1, 0.15) is 60.2 Å². The number of carbonyl (C=O) groups excluding carboxylic acids is 1. The van der Waals surface area contributed by atoms with Crippen LogP contribution in [0.3, 0.4) is 0 Å². The van der Waals surface area contributed by atoms with Crippen molar-refractivity contribution >= 4 is 70.7 Å². The standard InChI is InChI=1S/C48H57F3N10O3S2/c1-33-34(31-59-19-16-35(17-20-59)56-46-41-28-37(29-48(49,50)51)65-47(41)54-32-53-46)14-15-43-40(33)27-36(30-52)61(43)26-23-58-21-24-60(25-22-58)45(62)13-5-4-6-18-55-66(63,64)44-12-8-9-38-39(44)10-7-11-42(38)57(2)3/h7-12,14-15,27-28,32,35,55H,4-6,13,16-26,29,31H2,1-3H3,(H,53,54,56). The Kier molecular flexibility index (Phi) is 14.5. The number of aromatic nitrogens is 3. The lowest BCUT2D eigenvalue weighted by Gasteiger charge is -2.35. The molecule has 2 fully saturated rings. The predicted molar refractivity (Wildman–Crippen MR) is 255 cm³/mol. The Labute approximate surface area is 388 Å². The first-order valence-electron chi connectivity index (χ1n) is 22.7. The maximum absolute atomic E-state index is 13.3. The molecule has 350 valence electrons. The SMILES string of the molecule is Cc1c(CN2CCC(Nc3ncnc4sc(CC(F)(F)F)cc34)CC2)ccc2c1cc(C#N)n2CCN1CCN(C(=O)CCCCCNS(=O)(=O)c2cccc3c(N(C)C)cccc23)CC1. The number of halogens is 3. The van der Waals surface area contributed by atoms with E-state index in [0.717, 1.165) is 97.4 Å². The number of carbonyl (C=O) groups is 1. The molecule has 0 unspecified atom stereocenters. The minimum Gasteiger partial charge on any atom is -0.377 e. The molecule has 13 nitrogen and oxygen atoms in total. The van der Waals surface area contributed by atoms with E-state index >= 15 is 0 Å². The Hall–Kier alpha value is -5.32. The van der Waals surface area contributed by atoms with E-state index < -0.39 is 22.6 Å². The Bertz CT molecular complexity index is 2840. The molecule has 66 heavy (non-hydrogen) atoms. The highest BCUT2D eigenvalue weighted by Crippen LogP contribution is 2.34. The number of piperazine rings is 1. The summed E-state index contributed by atoms with van der Waals surface area (Å²) in [6, 6.07) is 21.4. The first kappa shape index (κ1) is 47.2. The van der Waals surface area contributed by atoms with E-state index in [-0.39, 0.29) is 21.7 Å². The molecule has 18 heteroatoms. The number of piperidine rings is 1. The summed E-state index contributed by atoms with van der Waals surface area (Å²) in [6.07, 6.45) is 0.401. The number of rotatable bonds is 17. The van der Waals surface area contributed by atoms with Crippen LogP contribution in [0.5, 0.6) is 0 Å². The second-order valence-corrected chi connectivity index (χ2v) is 20.5. The number of unbranched alkanes of at least 4 members (excludes halogenated alkanes) is 2. The van der Waals surface area contributed by atoms with Crippen LogP contribution in [0, 0.1) is 18.3 Å². The summed E-state index contributed by atoms with van der Waals surface area (Å²) < 4.78 is 70.5. The highest BCUT2D eigenvalue weighted by molar-refractivity contribution is 7.89. The third-order valence-electron chi connectivity index (χ3n) is 13.0. The number of hydrogen-bond acceptors (Lipinski definition) is 11. The van der Waals surface area contributed by atoms with Crippen molar-refractivity contribution in [2.24, 2.45) is 0 Å². The summed E-state index contributed by atoms with van der Waals surface area (Å²) in [5, 5.41) is 16.9. The lowest BCUT2D eigenvalue weighted by molar-refractivity contribution is -0.133. The first-order chi connectivity index (χ1) is 31.7. The maximum atomic E-state index is 13.3. The number of benzene rings is 3. The van der Waals surface area contributed by atoms with E-state index in [4.69, 9.17) is 0 Å². The minimum atomic E-state index is -4.28. The maximum Gasteiger partial charge on any atom is 0.393 e. The van der Waals surface area contributed by atoms with Crippen molar-refractivity contribution in [2.75, 3.05) is 76.7 Å². The average molecular weight is 943 g/mol. The molecular weight excluding hydrogens is 886 g/mol. The predicted octanol–water partition coefficient (Wildman–Crippen LogP) is 7.91. The van der Waals surface area contributed by atoms with Gasteiger partial charge in [0.2, 0.25) is 15.9 Å². The summed E-state index contributed by atoms with van der Waals surface area (Å²) in [5.74, 6) is 0.711. The van der Waals surface area contributed by atoms with Gasteiger partial charge >= 0.3 is 6.18 Å². The van der Waals surface area contributed by atoms with Gasteiger partial charge in [-0.25, -0.2) is 23.1 Å². The monoisotopic (exact) mass is 942 g/mol. The van der Waals surface area contributed by atoms with Crippen LogP contribution in [-0.2, 0) is 34.3 Å². The van der Waals surface area contributed by atoms with Gasteiger partial charge in [0.15, 0.2) is 0 Å². The van der Waals surface area contributed by atoms with E-state index in [2.05, 4.69) is 59.5 Å². The van der Waals surface area contributed by atoms with Crippen molar-refractivity contribution in [3.8, 4) is 6.07 Å². The van der Waals surface area contributed by atoms with E-state index in [1.807, 2.05) is 54.2 Å². The number of nitrogens with one attached hydrogen (secondary N) is 2.